The number of primary amides is 1. The Hall–Kier alpha value is -11.4. The van der Waals surface area contributed by atoms with Crippen LogP contribution in [0.1, 0.15) is 88.1 Å². The third-order valence-corrected chi connectivity index (χ3v) is 16.5. The van der Waals surface area contributed by atoms with Crippen molar-refractivity contribution in [1.29, 1.82) is 0 Å². The first-order valence-electron chi connectivity index (χ1n) is 32.7. The Bertz CT molecular complexity index is 3910. The minimum absolute atomic E-state index is 0.00766. The number of aromatic amines is 2. The largest absolute Gasteiger partial charge is 0.508 e. The molecule has 0 bridgehead atoms. The first kappa shape index (κ1) is 75.9. The highest BCUT2D eigenvalue weighted by Crippen LogP contribution is 2.23. The van der Waals surface area contributed by atoms with Crippen LogP contribution in [0.2, 0.25) is 0 Å². The van der Waals surface area contributed by atoms with Crippen LogP contribution in [0.3, 0.4) is 0 Å². The maximum Gasteiger partial charge on any atom is 0.300 e. The number of para-hydroxylation sites is 1. The molecule has 0 aliphatic carbocycles. The molecule has 32 heteroatoms. The van der Waals surface area contributed by atoms with Crippen LogP contribution in [0.25, 0.3) is 21.7 Å². The Labute approximate surface area is 575 Å². The van der Waals surface area contributed by atoms with Gasteiger partial charge in [0.15, 0.2) is 5.96 Å². The maximum absolute atomic E-state index is 15.1. The van der Waals surface area contributed by atoms with Crippen molar-refractivity contribution in [2.45, 2.75) is 146 Å². The van der Waals surface area contributed by atoms with Crippen LogP contribution in [-0.4, -0.2) is 193 Å². The van der Waals surface area contributed by atoms with E-state index in [1.807, 2.05) is 36.4 Å². The number of H-pyrrole nitrogens is 2. The zero-order valence-electron chi connectivity index (χ0n) is 55.6. The van der Waals surface area contributed by atoms with Crippen molar-refractivity contribution >= 4 is 98.6 Å². The number of guanidine groups is 1. The number of nitrogens with two attached hydrogens (primary N) is 3. The lowest BCUT2D eigenvalue weighted by molar-refractivity contribution is -0.142. The number of likely N-dealkylation sites (tertiary alicyclic amines) is 1. The number of hydrogen-bond donors (Lipinski definition) is 17. The molecule has 20 N–H and O–H groups in total. The molecule has 2 fully saturated rings. The number of aromatic nitrogens is 3. The molecule has 6 aromatic rings. The van der Waals surface area contributed by atoms with Crippen LogP contribution < -0.4 is 65.1 Å². The number of nitrogens with zero attached hydrogens (tertiary/aromatic N) is 3. The minimum Gasteiger partial charge on any atom is -0.508 e. The summed E-state index contributed by atoms with van der Waals surface area (Å²) in [6.45, 7) is 3.42. The van der Waals surface area contributed by atoms with Gasteiger partial charge < -0.3 is 95.2 Å². The molecule has 0 radical (unpaired) electrons. The Morgan fingerprint density at radius 2 is 1.23 bits per heavy atom. The van der Waals surface area contributed by atoms with Crippen molar-refractivity contribution in [3.8, 4) is 5.75 Å². The quantitative estimate of drug-likeness (QED) is 0.0126. The van der Waals surface area contributed by atoms with Gasteiger partial charge in [0.2, 0.25) is 65.0 Å². The van der Waals surface area contributed by atoms with Crippen molar-refractivity contribution in [3.63, 3.8) is 0 Å². The van der Waals surface area contributed by atoms with Crippen LogP contribution >= 0.6 is 0 Å². The summed E-state index contributed by atoms with van der Waals surface area (Å²) in [5, 5.41) is 55.0. The SMILES string of the molecule is CC(=O)O.CC(C)C[C@H](NC(=O)[C@@H](Cc1ccc2ccccc2c1)NC(=O)[C@H](Cc1ccc(O)cc1)NC(=O)[C@H](CO)NC(=O)[C@H](Cc1c[nH]c2ccccc12)NC(=O)[C@H](Cc1cnc[nH]1)NC(=O)[C@@H]1CCC(=O)N1)C(=O)N[C@@H](CCCN=C(N)N)C(=O)N1CCC[C@H]1C(=O)NCC(N)=O. The van der Waals surface area contributed by atoms with Crippen LogP contribution in [0.15, 0.2) is 115 Å². The molecule has 4 aromatic carbocycles. The highest BCUT2D eigenvalue weighted by Gasteiger charge is 2.40. The number of carbonyl (C=O) groups excluding carboxylic acids is 11. The van der Waals surface area contributed by atoms with Gasteiger partial charge in [-0.05, 0) is 90.1 Å². The number of hydrogen-bond acceptors (Lipinski definition) is 16. The van der Waals surface area contributed by atoms with Crippen LogP contribution in [0.4, 0.5) is 0 Å². The molecule has 534 valence electrons. The summed E-state index contributed by atoms with van der Waals surface area (Å²) in [4.78, 5) is 178. The van der Waals surface area contributed by atoms with Gasteiger partial charge in [0.25, 0.3) is 5.97 Å². The number of carboxylic acids is 1. The second kappa shape index (κ2) is 36.8. The molecule has 2 aromatic heterocycles. The number of imidazole rings is 1. The Balaban J connectivity index is 0.00000342. The summed E-state index contributed by atoms with van der Waals surface area (Å²) in [6.07, 6.45) is 4.89. The van der Waals surface area contributed by atoms with Gasteiger partial charge in [-0.2, -0.15) is 0 Å². The average Bonchev–Trinajstić information content (AvgIpc) is 1.53. The van der Waals surface area contributed by atoms with E-state index >= 15 is 9.59 Å². The number of aliphatic hydroxyl groups is 1. The van der Waals surface area contributed by atoms with E-state index in [0.29, 0.717) is 39.7 Å². The van der Waals surface area contributed by atoms with Gasteiger partial charge in [-0.15, -0.1) is 0 Å². The van der Waals surface area contributed by atoms with Gasteiger partial charge in [0.1, 0.15) is 60.1 Å². The molecule has 8 rings (SSSR count). The van der Waals surface area contributed by atoms with Gasteiger partial charge in [-0.3, -0.25) is 62.5 Å². The van der Waals surface area contributed by atoms with Gasteiger partial charge >= 0.3 is 0 Å². The predicted octanol–water partition coefficient (Wildman–Crippen LogP) is -1.53. The number of aliphatic imine (C=N–C) groups is 1. The molecule has 100 heavy (non-hydrogen) atoms. The van der Waals surface area contributed by atoms with Crippen molar-refractivity contribution in [1.82, 2.24) is 67.7 Å². The normalized spacial score (nSPS) is 16.1. The second-order valence-corrected chi connectivity index (χ2v) is 24.8. The predicted molar refractivity (Wildman–Crippen MR) is 365 cm³/mol. The van der Waals surface area contributed by atoms with E-state index in [4.69, 9.17) is 27.1 Å². The number of carbonyl (C=O) groups is 12. The van der Waals surface area contributed by atoms with E-state index in [1.165, 1.54) is 41.7 Å². The molecule has 2 aliphatic heterocycles. The third-order valence-electron chi connectivity index (χ3n) is 16.5. The van der Waals surface area contributed by atoms with Crippen molar-refractivity contribution in [3.05, 3.63) is 132 Å². The number of rotatable bonds is 33. The summed E-state index contributed by atoms with van der Waals surface area (Å²) in [5.41, 5.74) is 19.1. The fourth-order valence-electron chi connectivity index (χ4n) is 11.6. The number of carboxylic acid groups (broad SMARTS) is 1. The lowest BCUT2D eigenvalue weighted by Gasteiger charge is -2.30. The summed E-state index contributed by atoms with van der Waals surface area (Å²) in [6, 6.07) is 13.5. The highest BCUT2D eigenvalue weighted by molar-refractivity contribution is 6.00. The van der Waals surface area contributed by atoms with Gasteiger partial charge in [0.05, 0.1) is 19.5 Å². The Morgan fingerprint density at radius 3 is 1.84 bits per heavy atom. The first-order valence-corrected chi connectivity index (χ1v) is 32.7. The lowest BCUT2D eigenvalue weighted by atomic mass is 9.98. The second-order valence-electron chi connectivity index (χ2n) is 24.8. The molecular formula is C68H87N17O15. The van der Waals surface area contributed by atoms with Crippen LogP contribution in [0, 0.1) is 5.92 Å². The number of phenols is 1. The lowest BCUT2D eigenvalue weighted by Crippen LogP contribution is -2.61. The van der Waals surface area contributed by atoms with Crippen molar-refractivity contribution in [2.75, 3.05) is 26.2 Å². The smallest absolute Gasteiger partial charge is 0.300 e. The third kappa shape index (κ3) is 22.8. The number of amides is 11. The number of aliphatic hydroxyl groups excluding tert-OH is 1. The molecule has 0 spiro atoms. The fraction of sp³-hybridized carbons (Fsp3) is 0.412. The first-order chi connectivity index (χ1) is 47.7. The van der Waals surface area contributed by atoms with Crippen LogP contribution in [0.5, 0.6) is 5.75 Å². The number of benzene rings is 4. The van der Waals surface area contributed by atoms with Crippen molar-refractivity contribution < 1.29 is 72.9 Å². The average molecular weight is 1380 g/mol. The molecule has 9 atom stereocenters. The summed E-state index contributed by atoms with van der Waals surface area (Å²) in [7, 11) is 0. The summed E-state index contributed by atoms with van der Waals surface area (Å²) < 4.78 is 0. The maximum atomic E-state index is 15.1. The molecule has 2 saturated heterocycles. The Morgan fingerprint density at radius 1 is 0.660 bits per heavy atom. The molecule has 4 heterocycles. The van der Waals surface area contributed by atoms with E-state index in [-0.39, 0.29) is 101 Å². The Kier molecular flexibility index (Phi) is 27.9. The minimum atomic E-state index is -1.80. The number of aromatic hydroxyl groups is 1. The van der Waals surface area contributed by atoms with E-state index in [9.17, 15) is 53.4 Å². The monoisotopic (exact) mass is 1380 g/mol. The van der Waals surface area contributed by atoms with Gasteiger partial charge in [0, 0.05) is 81.1 Å². The molecule has 0 saturated carbocycles. The number of fused-ring (bicyclic) bond motifs is 2. The van der Waals surface area contributed by atoms with E-state index in [1.54, 1.807) is 50.4 Å². The molecular weight excluding hydrogens is 1290 g/mol. The zero-order chi connectivity index (χ0) is 72.6. The van der Waals surface area contributed by atoms with E-state index in [2.05, 4.69) is 67.8 Å². The van der Waals surface area contributed by atoms with Gasteiger partial charge in [-0.25, -0.2) is 4.98 Å². The molecule has 32 nitrogen and oxygen atoms in total. The van der Waals surface area contributed by atoms with E-state index in [0.717, 1.165) is 17.7 Å². The topological polar surface area (TPSA) is 512 Å². The summed E-state index contributed by atoms with van der Waals surface area (Å²) in [5.74, 6) is -9.85. The number of aliphatic carboxylic acids is 1. The molecule has 0 unspecified atom stereocenters. The van der Waals surface area contributed by atoms with E-state index < -0.39 is 133 Å². The molecule has 2 aliphatic rings. The highest BCUT2D eigenvalue weighted by atomic mass is 16.4. The fourth-order valence-corrected chi connectivity index (χ4v) is 11.6. The molecule has 11 amide bonds. The number of phenolic OH excluding ortho intramolecular Hbond substituents is 1. The van der Waals surface area contributed by atoms with Crippen molar-refractivity contribution in [2.24, 2.45) is 28.1 Å². The van der Waals surface area contributed by atoms with Crippen LogP contribution in [-0.2, 0) is 83.2 Å². The standard InChI is InChI=1S/C66H83N17O13.C2H4O2/c1-36(2)25-48(58(89)76-47(13-7-23-71-66(68)69)65(96)83-24-8-14-54(83)64(95)73-33-55(67)86)77-60(91)50(28-38-15-18-39-9-3-4-10-40(39)26-38)78-59(90)49(27-37-16-19-43(85)20-17-37)79-63(94)53(34-84)82-61(92)51(29-41-31-72-45-12-6-5-11-44(41)45)80-62(93)52(30-42-32-70-35-74-42)81-57(88)46-21-22-56(87)75-46;1-2(3)4/h3-6,9-12,15-20,26,31-32,35-36,46-54,72,84-85H,7-8,13-14,21-25,27-30,33-34H2,1-2H3,(H2,67,86)(H,70,74)(H,73,95)(H,75,87)(H,76,89)(H,77,91)(H,78,90)(H,79,94)(H,80,93)(H,81,88)(H,82,92)(H4,68,69,71);1H3,(H,3,4)/t46-,47-,48-,49-,50+,51-,52-,53-,54-;/m0./s1. The zero-order valence-corrected chi connectivity index (χ0v) is 55.6. The summed E-state index contributed by atoms with van der Waals surface area (Å²) >= 11 is 0. The number of nitrogens with one attached hydrogen (secondary N) is 11. The van der Waals surface area contributed by atoms with Gasteiger partial charge in [-0.1, -0.05) is 86.6 Å².